The summed E-state index contributed by atoms with van der Waals surface area (Å²) in [6, 6.07) is 0. The molecule has 1 heterocycles. The molecule has 1 saturated heterocycles. The molecule has 1 N–H and O–H groups in total. The number of rotatable bonds is 5. The SMILES string of the molecule is O=C(CNS(=O)(=O)c1c(F)c(F)c(F)c(F)c1F)N1CCN(C(=O)C23CC4CC(CC(C4)C2)C3)CC1. The Bertz CT molecular complexity index is 1150. The zero-order chi connectivity index (χ0) is 26.0. The fourth-order valence-electron chi connectivity index (χ4n) is 7.03. The van der Waals surface area contributed by atoms with Crippen molar-refractivity contribution in [3.63, 3.8) is 0 Å². The van der Waals surface area contributed by atoms with E-state index < -0.39 is 56.5 Å². The molecule has 0 aromatic heterocycles. The number of amides is 2. The van der Waals surface area contributed by atoms with Crippen LogP contribution in [0.2, 0.25) is 0 Å². The molecule has 198 valence electrons. The van der Waals surface area contributed by atoms with Crippen LogP contribution < -0.4 is 4.72 Å². The van der Waals surface area contributed by atoms with Crippen molar-refractivity contribution in [3.05, 3.63) is 29.1 Å². The lowest BCUT2D eigenvalue weighted by molar-refractivity contribution is -0.160. The second-order valence-electron chi connectivity index (χ2n) is 10.6. The minimum absolute atomic E-state index is 0.126. The van der Waals surface area contributed by atoms with Crippen LogP contribution in [0.5, 0.6) is 0 Å². The summed E-state index contributed by atoms with van der Waals surface area (Å²) in [5.41, 5.74) is -0.315. The van der Waals surface area contributed by atoms with Crippen LogP contribution in [0, 0.1) is 52.3 Å². The molecule has 0 radical (unpaired) electrons. The fourth-order valence-corrected chi connectivity index (χ4v) is 8.14. The Morgan fingerprint density at radius 2 is 1.17 bits per heavy atom. The Balaban J connectivity index is 1.19. The van der Waals surface area contributed by atoms with Crippen molar-refractivity contribution >= 4 is 21.8 Å². The van der Waals surface area contributed by atoms with Gasteiger partial charge in [-0.05, 0) is 56.3 Å². The molecule has 4 bridgehead atoms. The Kier molecular flexibility index (Phi) is 6.29. The lowest BCUT2D eigenvalue weighted by atomic mass is 9.49. The number of hydrogen-bond acceptors (Lipinski definition) is 4. The van der Waals surface area contributed by atoms with Crippen molar-refractivity contribution in [3.8, 4) is 0 Å². The predicted octanol–water partition coefficient (Wildman–Crippen LogP) is 2.55. The van der Waals surface area contributed by atoms with Gasteiger partial charge in [-0.1, -0.05) is 0 Å². The van der Waals surface area contributed by atoms with Gasteiger partial charge in [0.15, 0.2) is 28.2 Å². The highest BCUT2D eigenvalue weighted by molar-refractivity contribution is 7.89. The molecule has 36 heavy (non-hydrogen) atoms. The molecule has 1 aromatic rings. The van der Waals surface area contributed by atoms with Crippen LogP contribution in [0.25, 0.3) is 0 Å². The largest absolute Gasteiger partial charge is 0.339 e. The van der Waals surface area contributed by atoms with Gasteiger partial charge in [-0.15, -0.1) is 0 Å². The molecule has 4 saturated carbocycles. The topological polar surface area (TPSA) is 86.8 Å². The van der Waals surface area contributed by atoms with Crippen molar-refractivity contribution in [1.29, 1.82) is 0 Å². The molecule has 5 aliphatic rings. The molecule has 0 spiro atoms. The number of nitrogens with zero attached hydrogens (tertiary/aromatic N) is 2. The van der Waals surface area contributed by atoms with Crippen molar-refractivity contribution < 1.29 is 40.0 Å². The van der Waals surface area contributed by atoms with Crippen LogP contribution >= 0.6 is 0 Å². The molecular formula is C23H26F5N3O4S. The minimum atomic E-state index is -5.23. The summed E-state index contributed by atoms with van der Waals surface area (Å²) in [4.78, 5) is 27.0. The normalized spacial score (nSPS) is 29.6. The van der Waals surface area contributed by atoms with Gasteiger partial charge in [0.2, 0.25) is 27.7 Å². The third kappa shape index (κ3) is 4.17. The van der Waals surface area contributed by atoms with Gasteiger partial charge in [0.1, 0.15) is 0 Å². The van der Waals surface area contributed by atoms with Gasteiger partial charge in [-0.2, -0.15) is 0 Å². The average molecular weight is 536 g/mol. The van der Waals surface area contributed by atoms with Crippen LogP contribution in [0.3, 0.4) is 0 Å². The molecule has 2 amide bonds. The van der Waals surface area contributed by atoms with Crippen LogP contribution in [0.1, 0.15) is 38.5 Å². The van der Waals surface area contributed by atoms with E-state index in [0.29, 0.717) is 17.8 Å². The summed E-state index contributed by atoms with van der Waals surface area (Å²) in [5, 5.41) is 0. The van der Waals surface area contributed by atoms with E-state index >= 15 is 0 Å². The van der Waals surface area contributed by atoms with E-state index in [4.69, 9.17) is 0 Å². The van der Waals surface area contributed by atoms with Gasteiger partial charge in [-0.3, -0.25) is 9.59 Å². The Labute approximate surface area is 205 Å². The molecule has 4 aliphatic carbocycles. The lowest BCUT2D eigenvalue weighted by Gasteiger charge is -2.57. The van der Waals surface area contributed by atoms with E-state index in [9.17, 15) is 40.0 Å². The number of nitrogens with one attached hydrogen (secondary N) is 1. The number of piperazine rings is 1. The van der Waals surface area contributed by atoms with Gasteiger partial charge in [0, 0.05) is 26.2 Å². The molecule has 1 aliphatic heterocycles. The first-order valence-corrected chi connectivity index (χ1v) is 13.5. The first kappa shape index (κ1) is 25.4. The van der Waals surface area contributed by atoms with Crippen LogP contribution in [-0.2, 0) is 19.6 Å². The lowest BCUT2D eigenvalue weighted by Crippen LogP contribution is -2.59. The zero-order valence-corrected chi connectivity index (χ0v) is 20.2. The summed E-state index contributed by atoms with van der Waals surface area (Å²) >= 11 is 0. The van der Waals surface area contributed by atoms with Crippen molar-refractivity contribution in [1.82, 2.24) is 14.5 Å². The first-order valence-electron chi connectivity index (χ1n) is 12.0. The maximum atomic E-state index is 13.9. The molecule has 7 nitrogen and oxygen atoms in total. The summed E-state index contributed by atoms with van der Waals surface area (Å²) < 4.78 is 93.9. The summed E-state index contributed by atoms with van der Waals surface area (Å²) in [6.07, 6.45) is 6.35. The van der Waals surface area contributed by atoms with Crippen LogP contribution in [0.4, 0.5) is 22.0 Å². The highest BCUT2D eigenvalue weighted by Crippen LogP contribution is 2.60. The van der Waals surface area contributed by atoms with E-state index in [0.717, 1.165) is 19.3 Å². The molecule has 13 heteroatoms. The smallest absolute Gasteiger partial charge is 0.247 e. The molecule has 0 atom stereocenters. The van der Waals surface area contributed by atoms with Crippen LogP contribution in [0.15, 0.2) is 4.90 Å². The van der Waals surface area contributed by atoms with E-state index in [-0.39, 0.29) is 37.5 Å². The molecule has 6 rings (SSSR count). The molecule has 0 unspecified atom stereocenters. The number of sulfonamides is 1. The maximum Gasteiger partial charge on any atom is 0.247 e. The maximum absolute atomic E-state index is 13.9. The van der Waals surface area contributed by atoms with Crippen molar-refractivity contribution in [2.75, 3.05) is 32.7 Å². The Morgan fingerprint density at radius 1 is 0.750 bits per heavy atom. The first-order chi connectivity index (χ1) is 16.9. The molecule has 5 fully saturated rings. The zero-order valence-electron chi connectivity index (χ0n) is 19.3. The fraction of sp³-hybridized carbons (Fsp3) is 0.652. The second kappa shape index (κ2) is 8.93. The number of carbonyl (C=O) groups excluding carboxylic acids is 2. The van der Waals surface area contributed by atoms with Crippen molar-refractivity contribution in [2.45, 2.75) is 43.4 Å². The number of benzene rings is 1. The summed E-state index contributed by atoms with van der Waals surface area (Å²) in [6.45, 7) is -0.111. The number of hydrogen-bond donors (Lipinski definition) is 1. The highest BCUT2D eigenvalue weighted by Gasteiger charge is 2.55. The monoisotopic (exact) mass is 535 g/mol. The van der Waals surface area contributed by atoms with E-state index in [1.807, 2.05) is 0 Å². The van der Waals surface area contributed by atoms with E-state index in [1.165, 1.54) is 24.2 Å². The van der Waals surface area contributed by atoms with Crippen LogP contribution in [-0.4, -0.2) is 62.8 Å². The number of carbonyl (C=O) groups is 2. The standard InChI is InChI=1S/C23H26F5N3O4S/c24-16-17(25)19(27)21(20(28)18(16)26)36(34,35)29-11-15(32)30-1-3-31(4-2-30)22(33)23-8-12-5-13(9-23)7-14(6-12)10-23/h12-14,29H,1-11H2. The van der Waals surface area contributed by atoms with Gasteiger partial charge < -0.3 is 9.80 Å². The molecule has 1 aromatic carbocycles. The summed E-state index contributed by atoms with van der Waals surface area (Å²) in [5.74, 6) is -11.1. The summed E-state index contributed by atoms with van der Waals surface area (Å²) in [7, 11) is -5.23. The van der Waals surface area contributed by atoms with Crippen molar-refractivity contribution in [2.24, 2.45) is 23.2 Å². The molecular weight excluding hydrogens is 509 g/mol. The third-order valence-corrected chi connectivity index (χ3v) is 9.68. The minimum Gasteiger partial charge on any atom is -0.339 e. The van der Waals surface area contributed by atoms with E-state index in [2.05, 4.69) is 0 Å². The third-order valence-electron chi connectivity index (χ3n) is 8.26. The average Bonchev–Trinajstić information content (AvgIpc) is 2.83. The van der Waals surface area contributed by atoms with E-state index in [1.54, 1.807) is 9.62 Å². The second-order valence-corrected chi connectivity index (χ2v) is 12.3. The predicted molar refractivity (Wildman–Crippen MR) is 115 cm³/mol. The van der Waals surface area contributed by atoms with Gasteiger partial charge >= 0.3 is 0 Å². The van der Waals surface area contributed by atoms with Gasteiger partial charge in [0.05, 0.1) is 12.0 Å². The van der Waals surface area contributed by atoms with Gasteiger partial charge in [-0.25, -0.2) is 35.1 Å². The van der Waals surface area contributed by atoms with Gasteiger partial charge in [0.25, 0.3) is 0 Å². The Hall–Kier alpha value is -2.28. The number of halogens is 5. The Morgan fingerprint density at radius 3 is 1.64 bits per heavy atom. The quantitative estimate of drug-likeness (QED) is 0.357. The highest BCUT2D eigenvalue weighted by atomic mass is 32.2.